The molecule has 1 aromatic carbocycles. The van der Waals surface area contributed by atoms with Crippen LogP contribution in [0.4, 0.5) is 0 Å². The third-order valence-electron chi connectivity index (χ3n) is 4.34. The Morgan fingerprint density at radius 1 is 1.36 bits per heavy atom. The van der Waals surface area contributed by atoms with E-state index in [4.69, 9.17) is 14.2 Å². The van der Waals surface area contributed by atoms with Crippen molar-refractivity contribution in [3.63, 3.8) is 0 Å². The molecule has 4 nitrogen and oxygen atoms in total. The Hall–Kier alpha value is -1.43. The highest BCUT2D eigenvalue weighted by atomic mass is 28.3. The lowest BCUT2D eigenvalue weighted by Gasteiger charge is -2.34. The SMILES string of the molecule is C=C[C@H](CC(=O)OCC[Si](C)(C)C)[C@@H]1CCO[C@H](c2ccccc2)O1. The zero-order chi connectivity index (χ0) is 18.3. The quantitative estimate of drug-likeness (QED) is 0.386. The van der Waals surface area contributed by atoms with Crippen molar-refractivity contribution in [3.05, 3.63) is 48.6 Å². The van der Waals surface area contributed by atoms with E-state index in [-0.39, 0.29) is 24.3 Å². The van der Waals surface area contributed by atoms with Gasteiger partial charge >= 0.3 is 5.97 Å². The Bertz CT molecular complexity index is 553. The summed E-state index contributed by atoms with van der Waals surface area (Å²) < 4.78 is 17.2. The first-order chi connectivity index (χ1) is 11.9. The second kappa shape index (κ2) is 9.32. The molecule has 3 atom stereocenters. The molecule has 0 saturated carbocycles. The van der Waals surface area contributed by atoms with Gasteiger partial charge in [-0.25, -0.2) is 0 Å². The molecule has 2 rings (SSSR count). The molecule has 25 heavy (non-hydrogen) atoms. The third-order valence-corrected chi connectivity index (χ3v) is 6.04. The molecule has 138 valence electrons. The monoisotopic (exact) mass is 362 g/mol. The molecule has 0 unspecified atom stereocenters. The minimum absolute atomic E-state index is 0.0607. The van der Waals surface area contributed by atoms with E-state index in [9.17, 15) is 4.79 Å². The standard InChI is InChI=1S/C20H30O4Si/c1-5-16(15-19(21)22-13-14-25(2,3)4)18-11-12-23-20(24-18)17-9-7-6-8-10-17/h5-10,16,18,20H,1,11-15H2,2-4H3/t16-,18+,20+/m1/s1. The van der Waals surface area contributed by atoms with Crippen molar-refractivity contribution in [1.29, 1.82) is 0 Å². The van der Waals surface area contributed by atoms with Gasteiger partial charge in [0.05, 0.1) is 25.7 Å². The van der Waals surface area contributed by atoms with E-state index in [2.05, 4.69) is 26.2 Å². The number of carbonyl (C=O) groups excluding carboxylic acids is 1. The van der Waals surface area contributed by atoms with E-state index in [0.717, 1.165) is 18.0 Å². The van der Waals surface area contributed by atoms with Gasteiger partial charge in [0.2, 0.25) is 0 Å². The highest BCUT2D eigenvalue weighted by Gasteiger charge is 2.30. The van der Waals surface area contributed by atoms with Crippen molar-refractivity contribution in [2.75, 3.05) is 13.2 Å². The van der Waals surface area contributed by atoms with Gasteiger partial charge in [0.15, 0.2) is 6.29 Å². The summed E-state index contributed by atoms with van der Waals surface area (Å²) in [4.78, 5) is 12.2. The lowest BCUT2D eigenvalue weighted by Crippen LogP contribution is -2.33. The summed E-state index contributed by atoms with van der Waals surface area (Å²) in [5.74, 6) is -0.232. The Balaban J connectivity index is 1.86. The van der Waals surface area contributed by atoms with Gasteiger partial charge in [0.1, 0.15) is 0 Å². The average molecular weight is 363 g/mol. The smallest absolute Gasteiger partial charge is 0.306 e. The summed E-state index contributed by atoms with van der Waals surface area (Å²) in [6.45, 7) is 11.8. The van der Waals surface area contributed by atoms with Crippen LogP contribution in [0.1, 0.15) is 24.7 Å². The molecular formula is C20H30O4Si. The van der Waals surface area contributed by atoms with Crippen LogP contribution in [0, 0.1) is 5.92 Å². The second-order valence-corrected chi connectivity index (χ2v) is 13.3. The molecule has 1 aromatic rings. The Morgan fingerprint density at radius 3 is 2.72 bits per heavy atom. The highest BCUT2D eigenvalue weighted by molar-refractivity contribution is 6.76. The molecule has 1 saturated heterocycles. The van der Waals surface area contributed by atoms with Gasteiger partial charge in [0, 0.05) is 19.6 Å². The van der Waals surface area contributed by atoms with Crippen LogP contribution in [0.15, 0.2) is 43.0 Å². The number of benzene rings is 1. The van der Waals surface area contributed by atoms with Crippen LogP contribution < -0.4 is 0 Å². The fourth-order valence-electron chi connectivity index (χ4n) is 2.75. The van der Waals surface area contributed by atoms with Crippen molar-refractivity contribution in [2.24, 2.45) is 5.92 Å². The van der Waals surface area contributed by atoms with Crippen molar-refractivity contribution in [3.8, 4) is 0 Å². The maximum Gasteiger partial charge on any atom is 0.306 e. The number of hydrogen-bond donors (Lipinski definition) is 0. The third kappa shape index (κ3) is 6.76. The maximum atomic E-state index is 12.2. The first kappa shape index (κ1) is 19.9. The van der Waals surface area contributed by atoms with Crippen LogP contribution in [0.25, 0.3) is 0 Å². The lowest BCUT2D eigenvalue weighted by atomic mass is 9.95. The molecule has 1 aliphatic heterocycles. The zero-order valence-corrected chi connectivity index (χ0v) is 16.6. The first-order valence-electron chi connectivity index (χ1n) is 8.99. The molecule has 0 aliphatic carbocycles. The summed E-state index contributed by atoms with van der Waals surface area (Å²) in [6.07, 6.45) is 2.40. The largest absolute Gasteiger partial charge is 0.466 e. The first-order valence-corrected chi connectivity index (χ1v) is 12.7. The molecule has 0 aromatic heterocycles. The molecule has 1 heterocycles. The second-order valence-electron chi connectivity index (χ2n) is 7.71. The van der Waals surface area contributed by atoms with E-state index in [0.29, 0.717) is 19.6 Å². The number of carbonyl (C=O) groups is 1. The van der Waals surface area contributed by atoms with Gasteiger partial charge in [-0.15, -0.1) is 6.58 Å². The van der Waals surface area contributed by atoms with E-state index in [1.54, 1.807) is 6.08 Å². The van der Waals surface area contributed by atoms with Gasteiger partial charge in [-0.2, -0.15) is 0 Å². The normalized spacial score (nSPS) is 22.2. The Morgan fingerprint density at radius 2 is 2.08 bits per heavy atom. The Labute approximate surface area is 152 Å². The van der Waals surface area contributed by atoms with Crippen molar-refractivity contribution < 1.29 is 19.0 Å². The van der Waals surface area contributed by atoms with E-state index >= 15 is 0 Å². The van der Waals surface area contributed by atoms with Crippen LogP contribution in [0.5, 0.6) is 0 Å². The van der Waals surface area contributed by atoms with Crippen molar-refractivity contribution in [2.45, 2.75) is 50.9 Å². The topological polar surface area (TPSA) is 44.8 Å². The van der Waals surface area contributed by atoms with E-state index in [1.807, 2.05) is 30.3 Å². The molecule has 0 spiro atoms. The zero-order valence-electron chi connectivity index (χ0n) is 15.6. The summed E-state index contributed by atoms with van der Waals surface area (Å²) in [7, 11) is -1.19. The molecule has 0 amide bonds. The summed E-state index contributed by atoms with van der Waals surface area (Å²) in [6, 6.07) is 10.9. The fourth-order valence-corrected chi connectivity index (χ4v) is 3.46. The minimum atomic E-state index is -1.19. The molecular weight excluding hydrogens is 332 g/mol. The fraction of sp³-hybridized carbons (Fsp3) is 0.550. The van der Waals surface area contributed by atoms with Crippen LogP contribution in [0.3, 0.4) is 0 Å². The molecule has 5 heteroatoms. The number of rotatable bonds is 8. The summed E-state index contributed by atoms with van der Waals surface area (Å²) in [5.41, 5.74) is 0.993. The van der Waals surface area contributed by atoms with Gasteiger partial charge in [-0.1, -0.05) is 56.0 Å². The van der Waals surface area contributed by atoms with Crippen molar-refractivity contribution >= 4 is 14.0 Å². The number of hydrogen-bond acceptors (Lipinski definition) is 4. The lowest BCUT2D eigenvalue weighted by molar-refractivity contribution is -0.226. The van der Waals surface area contributed by atoms with Gasteiger partial charge < -0.3 is 14.2 Å². The van der Waals surface area contributed by atoms with Gasteiger partial charge in [-0.3, -0.25) is 4.79 Å². The van der Waals surface area contributed by atoms with E-state index < -0.39 is 8.07 Å². The van der Waals surface area contributed by atoms with E-state index in [1.165, 1.54) is 0 Å². The van der Waals surface area contributed by atoms with Crippen LogP contribution in [-0.2, 0) is 19.0 Å². The average Bonchev–Trinajstić information content (AvgIpc) is 2.59. The van der Waals surface area contributed by atoms with Crippen LogP contribution in [0.2, 0.25) is 25.7 Å². The minimum Gasteiger partial charge on any atom is -0.466 e. The summed E-state index contributed by atoms with van der Waals surface area (Å²) in [5, 5.41) is 0. The number of esters is 1. The molecule has 1 aliphatic rings. The Kier molecular flexibility index (Phi) is 7.41. The molecule has 0 radical (unpaired) electrons. The number of ether oxygens (including phenoxy) is 3. The van der Waals surface area contributed by atoms with Gasteiger partial charge in [-0.05, 0) is 12.5 Å². The summed E-state index contributed by atoms with van der Waals surface area (Å²) >= 11 is 0. The van der Waals surface area contributed by atoms with Crippen molar-refractivity contribution in [1.82, 2.24) is 0 Å². The van der Waals surface area contributed by atoms with Gasteiger partial charge in [0.25, 0.3) is 0 Å². The van der Waals surface area contributed by atoms with Crippen LogP contribution >= 0.6 is 0 Å². The molecule has 0 N–H and O–H groups in total. The predicted molar refractivity (Wildman–Crippen MR) is 102 cm³/mol. The van der Waals surface area contributed by atoms with Crippen LogP contribution in [-0.4, -0.2) is 33.4 Å². The molecule has 0 bridgehead atoms. The predicted octanol–water partition coefficient (Wildman–Crippen LogP) is 4.56. The highest BCUT2D eigenvalue weighted by Crippen LogP contribution is 2.31. The maximum absolute atomic E-state index is 12.2. The molecule has 1 fully saturated rings.